The molecule has 0 radical (unpaired) electrons. The molecule has 2 saturated heterocycles. The molecule has 454 valence electrons. The number of amides is 1. The van der Waals surface area contributed by atoms with Crippen molar-refractivity contribution in [3.05, 3.63) is 210 Å². The van der Waals surface area contributed by atoms with Crippen LogP contribution in [0.1, 0.15) is 85.5 Å². The van der Waals surface area contributed by atoms with Crippen molar-refractivity contribution >= 4 is 74.9 Å². The van der Waals surface area contributed by atoms with Crippen molar-refractivity contribution in [3.63, 3.8) is 0 Å². The molecule has 3 aromatic carbocycles. The lowest BCUT2D eigenvalue weighted by molar-refractivity contribution is 0.0592. The molecule has 2 aliphatic rings. The molecule has 0 bridgehead atoms. The molecular formula is C65H68BBrN10O11. The van der Waals surface area contributed by atoms with Crippen LogP contribution in [-0.2, 0) is 9.47 Å². The minimum atomic E-state index is -1.40. The number of piperidine rings is 2. The maximum atomic E-state index is 12.7. The van der Waals surface area contributed by atoms with Crippen molar-refractivity contribution < 1.29 is 53.3 Å². The average Bonchev–Trinajstić information content (AvgIpc) is 3.94. The highest BCUT2D eigenvalue weighted by Gasteiger charge is 2.20. The lowest BCUT2D eigenvalue weighted by Gasteiger charge is -2.26. The van der Waals surface area contributed by atoms with E-state index in [1.807, 2.05) is 109 Å². The summed E-state index contributed by atoms with van der Waals surface area (Å²) in [6.07, 6.45) is 23.6. The summed E-state index contributed by atoms with van der Waals surface area (Å²) in [6.45, 7) is 6.25. The van der Waals surface area contributed by atoms with E-state index >= 15 is 0 Å². The van der Waals surface area contributed by atoms with Crippen LogP contribution in [0.15, 0.2) is 182 Å². The third-order valence-corrected chi connectivity index (χ3v) is 14.8. The molecule has 2 fully saturated rings. The van der Waals surface area contributed by atoms with E-state index in [0.29, 0.717) is 39.2 Å². The number of imidazole rings is 4. The Morgan fingerprint density at radius 3 is 1.51 bits per heavy atom. The van der Waals surface area contributed by atoms with Gasteiger partial charge < -0.3 is 48.7 Å². The van der Waals surface area contributed by atoms with Crippen molar-refractivity contribution in [2.75, 3.05) is 54.6 Å². The molecule has 10 heterocycles. The first-order chi connectivity index (χ1) is 42.7. The number of esters is 2. The number of nitrogens with one attached hydrogen (secondary N) is 1. The van der Waals surface area contributed by atoms with E-state index < -0.39 is 13.1 Å². The zero-order valence-electron chi connectivity index (χ0n) is 49.4. The number of nitrogens with zero attached hydrogens (tertiary/aromatic N) is 9. The molecule has 21 nitrogen and oxygen atoms in total. The zero-order chi connectivity index (χ0) is 62.5. The van der Waals surface area contributed by atoms with Gasteiger partial charge in [0.05, 0.1) is 75.1 Å². The highest BCUT2D eigenvalue weighted by Crippen LogP contribution is 2.26. The molecule has 13 rings (SSSR count). The van der Waals surface area contributed by atoms with Gasteiger partial charge in [-0.3, -0.25) is 18.0 Å². The Balaban J connectivity index is 0.000000143. The molecule has 4 N–H and O–H groups in total. The van der Waals surface area contributed by atoms with Crippen LogP contribution in [0.2, 0.25) is 0 Å². The molecule has 11 aromatic rings. The number of carbonyl (C=O) groups excluding carboxylic acids is 3. The highest BCUT2D eigenvalue weighted by molar-refractivity contribution is 9.10. The Morgan fingerprint density at radius 2 is 0.989 bits per heavy atom. The summed E-state index contributed by atoms with van der Waals surface area (Å²) in [7, 11) is 4.53. The first-order valence-electron chi connectivity index (χ1n) is 28.3. The van der Waals surface area contributed by atoms with E-state index in [9.17, 15) is 19.2 Å². The lowest BCUT2D eigenvalue weighted by atomic mass is 9.80. The van der Waals surface area contributed by atoms with Gasteiger partial charge in [0, 0.05) is 67.0 Å². The van der Waals surface area contributed by atoms with Gasteiger partial charge in [-0.2, -0.15) is 0 Å². The van der Waals surface area contributed by atoms with Crippen molar-refractivity contribution in [2.24, 2.45) is 0 Å². The first kappa shape index (κ1) is 64.3. The lowest BCUT2D eigenvalue weighted by Crippen LogP contribution is -2.35. The van der Waals surface area contributed by atoms with Crippen LogP contribution in [0, 0.1) is 6.92 Å². The number of rotatable bonds is 9. The fraction of sp³-hybridized carbons (Fsp3) is 0.231. The topological polar surface area (TPSA) is 250 Å². The zero-order valence-corrected chi connectivity index (χ0v) is 51.0. The van der Waals surface area contributed by atoms with Crippen LogP contribution in [0.4, 0.5) is 0 Å². The second kappa shape index (κ2) is 31.6. The second-order valence-corrected chi connectivity index (χ2v) is 20.9. The number of ether oxygens (including phenoxy) is 4. The highest BCUT2D eigenvalue weighted by atomic mass is 79.9. The fourth-order valence-electron chi connectivity index (χ4n) is 9.35. The summed E-state index contributed by atoms with van der Waals surface area (Å²) in [6, 6.07) is 36.2. The monoisotopic (exact) mass is 1250 g/mol. The van der Waals surface area contributed by atoms with E-state index in [1.165, 1.54) is 58.6 Å². The Hall–Kier alpha value is -9.68. The molecule has 0 unspecified atom stereocenters. The molecule has 0 saturated carbocycles. The summed E-state index contributed by atoms with van der Waals surface area (Å²) in [5.74, 6) is -0.00269. The quantitative estimate of drug-likeness (QED) is 0.0775. The summed E-state index contributed by atoms with van der Waals surface area (Å²) < 4.78 is 27.7. The summed E-state index contributed by atoms with van der Waals surface area (Å²) >= 11 is 3.33. The number of likely N-dealkylation sites (tertiary alicyclic amines) is 1. The number of hydrogen-bond acceptors (Lipinski definition) is 15. The second-order valence-electron chi connectivity index (χ2n) is 20.1. The number of benzene rings is 3. The van der Waals surface area contributed by atoms with Crippen LogP contribution < -0.4 is 20.3 Å². The molecule has 88 heavy (non-hydrogen) atoms. The number of aromatic nitrogens is 8. The molecule has 0 spiro atoms. The minimum Gasteiger partial charge on any atom is -0.497 e. The maximum Gasteiger partial charge on any atom is 0.488 e. The van der Waals surface area contributed by atoms with E-state index in [1.54, 1.807) is 112 Å². The predicted octanol–water partition coefficient (Wildman–Crippen LogP) is 9.78. The number of aromatic carboxylic acids is 1. The minimum absolute atomic E-state index is 0.108. The Morgan fingerprint density at radius 1 is 0.523 bits per heavy atom. The third-order valence-electron chi connectivity index (χ3n) is 14.2. The number of hydrogen-bond donors (Lipinski definition) is 4. The number of methoxy groups -OCH3 is 4. The van der Waals surface area contributed by atoms with Gasteiger partial charge in [-0.15, -0.1) is 0 Å². The van der Waals surface area contributed by atoms with Gasteiger partial charge in [0.2, 0.25) is 0 Å². The fourth-order valence-corrected chi connectivity index (χ4v) is 9.75. The van der Waals surface area contributed by atoms with Crippen molar-refractivity contribution in [1.29, 1.82) is 0 Å². The van der Waals surface area contributed by atoms with Crippen LogP contribution in [0.25, 0.3) is 45.1 Å². The predicted molar refractivity (Wildman–Crippen MR) is 340 cm³/mol. The SMILES string of the molecule is C1CCNCC1.COC(=O)c1ccn2c(Br)cnc2c1.COC(=O)c1ccn2ccnc2c1.COc1ccc(-c2cnc3cc(C(=O)N4CCCCC4)ccn23)cc1.COc1ccc(B(O)O)cc1.Cc1ccc(-c2cnc3cc(C(=O)O)ccn23)cc1. The Bertz CT molecular complexity index is 4070. The van der Waals surface area contributed by atoms with Crippen molar-refractivity contribution in [1.82, 2.24) is 47.8 Å². The normalized spacial score (nSPS) is 12.5. The summed E-state index contributed by atoms with van der Waals surface area (Å²) in [5, 5.41) is 29.7. The number of carbonyl (C=O) groups is 4. The van der Waals surface area contributed by atoms with Gasteiger partial charge in [0.15, 0.2) is 0 Å². The summed E-state index contributed by atoms with van der Waals surface area (Å²) in [4.78, 5) is 64.7. The molecule has 8 aromatic heterocycles. The van der Waals surface area contributed by atoms with E-state index in [0.717, 1.165) is 70.1 Å². The smallest absolute Gasteiger partial charge is 0.488 e. The van der Waals surface area contributed by atoms with Crippen LogP contribution in [-0.4, -0.2) is 143 Å². The number of pyridine rings is 4. The Kier molecular flexibility index (Phi) is 23.1. The number of halogens is 1. The summed E-state index contributed by atoms with van der Waals surface area (Å²) in [5.41, 5.74) is 10.6. The van der Waals surface area contributed by atoms with E-state index in [-0.39, 0.29) is 23.4 Å². The molecule has 23 heteroatoms. The third kappa shape index (κ3) is 17.1. The van der Waals surface area contributed by atoms with Gasteiger partial charge in [-0.25, -0.2) is 34.3 Å². The van der Waals surface area contributed by atoms with Gasteiger partial charge in [-0.05, 0) is 158 Å². The van der Waals surface area contributed by atoms with Gasteiger partial charge >= 0.3 is 25.0 Å². The molecule has 0 aliphatic carbocycles. The average molecular weight is 1260 g/mol. The number of aryl methyl sites for hydroxylation is 1. The molecular weight excluding hydrogens is 1190 g/mol. The maximum absolute atomic E-state index is 12.7. The standard InChI is InChI=1S/C20H21N3O2.C15H12N2O2.C9H7BrN2O2.C9H8N2O2.C7H9BO3.C5H11N/c1-25-17-7-5-15(6-8-17)18-14-21-19-13-16(9-12-23(18)19)20(24)22-10-3-2-4-11-22;1-10-2-4-11(5-3-10)13-9-16-14-8-12(15(18)19)6-7-17(13)14;1-14-9(13)6-2-3-12-7(10)5-11-8(12)4-6;1-13-9(12)7-2-4-11-5-3-10-8(11)6-7;1-11-7-4-2-6(3-5-7)8(9)10;1-2-4-6-5-3-1/h5-9,12-14H,2-4,10-11H2,1H3;2-9H,1H3,(H,18,19);2-5H,1H3;2-6H,1H3;2-5,9-10H,1H3;6H,1-5H2. The van der Waals surface area contributed by atoms with Crippen LogP contribution in [0.3, 0.4) is 0 Å². The van der Waals surface area contributed by atoms with E-state index in [2.05, 4.69) is 50.7 Å². The number of fused-ring (bicyclic) bond motifs is 4. The van der Waals surface area contributed by atoms with Gasteiger partial charge in [0.25, 0.3) is 5.91 Å². The molecule has 0 atom stereocenters. The van der Waals surface area contributed by atoms with Gasteiger partial charge in [-0.1, -0.05) is 48.4 Å². The van der Waals surface area contributed by atoms with Gasteiger partial charge in [0.1, 0.15) is 38.7 Å². The number of carboxylic acids is 1. The van der Waals surface area contributed by atoms with Crippen LogP contribution in [0.5, 0.6) is 11.5 Å². The first-order valence-corrected chi connectivity index (χ1v) is 29.1. The van der Waals surface area contributed by atoms with Crippen molar-refractivity contribution in [2.45, 2.75) is 45.4 Å². The molecule has 1 amide bonds. The van der Waals surface area contributed by atoms with Crippen LogP contribution >= 0.6 is 15.9 Å². The number of carboxylic acid groups (broad SMARTS) is 1. The van der Waals surface area contributed by atoms with E-state index in [4.69, 9.17) is 24.6 Å². The Labute approximate surface area is 517 Å². The van der Waals surface area contributed by atoms with Crippen molar-refractivity contribution in [3.8, 4) is 34.0 Å². The largest absolute Gasteiger partial charge is 0.497 e. The molecule has 2 aliphatic heterocycles.